The Labute approximate surface area is 68.0 Å². The molecule has 0 atom stereocenters. The summed E-state index contributed by atoms with van der Waals surface area (Å²) in [7, 11) is 1.60. The molecule has 1 aromatic carbocycles. The fourth-order valence-electron chi connectivity index (χ4n) is 0.700. The molecule has 1 N–H and O–H groups in total. The van der Waals surface area contributed by atoms with Gasteiger partial charge in [-0.2, -0.15) is 0 Å². The lowest BCUT2D eigenvalue weighted by Gasteiger charge is -2.01. The van der Waals surface area contributed by atoms with E-state index in [2.05, 4.69) is 5.32 Å². The summed E-state index contributed by atoms with van der Waals surface area (Å²) in [5.41, 5.74) is 0.453. The molecule has 1 nitrogen and oxygen atoms in total. The van der Waals surface area contributed by atoms with Crippen LogP contribution in [0.15, 0.2) is 12.1 Å². The third kappa shape index (κ3) is 1.60. The van der Waals surface area contributed by atoms with Gasteiger partial charge in [0.15, 0.2) is 11.6 Å². The van der Waals surface area contributed by atoms with Crippen LogP contribution in [-0.2, 0) is 0 Å². The molecule has 0 radical (unpaired) electrons. The molecule has 0 bridgehead atoms. The minimum absolute atomic E-state index is 0.214. The summed E-state index contributed by atoms with van der Waals surface area (Å²) in [4.78, 5) is 0. The Hall–Kier alpha value is -0.830. The lowest BCUT2D eigenvalue weighted by molar-refractivity contribution is 0.509. The van der Waals surface area contributed by atoms with Gasteiger partial charge in [0, 0.05) is 18.8 Å². The number of hydrogen-bond donors (Lipinski definition) is 1. The van der Waals surface area contributed by atoms with Crippen LogP contribution < -0.4 is 5.32 Å². The second kappa shape index (κ2) is 3.05. The Morgan fingerprint density at radius 2 is 2.00 bits per heavy atom. The molecular formula is C7H6ClF2N. The minimum atomic E-state index is -1.01. The molecule has 0 unspecified atom stereocenters. The van der Waals surface area contributed by atoms with Crippen LogP contribution >= 0.6 is 11.6 Å². The SMILES string of the molecule is CNc1cc(F)c(F)c(Cl)c1. The van der Waals surface area contributed by atoms with Crippen LogP contribution in [0.25, 0.3) is 0 Å². The first-order valence-electron chi connectivity index (χ1n) is 2.97. The maximum absolute atomic E-state index is 12.5. The molecular weight excluding hydrogens is 172 g/mol. The zero-order valence-electron chi connectivity index (χ0n) is 5.79. The maximum Gasteiger partial charge on any atom is 0.177 e. The molecule has 0 aliphatic carbocycles. The van der Waals surface area contributed by atoms with Gasteiger partial charge in [-0.1, -0.05) is 11.6 Å². The topological polar surface area (TPSA) is 12.0 Å². The van der Waals surface area contributed by atoms with E-state index in [9.17, 15) is 8.78 Å². The van der Waals surface area contributed by atoms with Crippen LogP contribution in [0.3, 0.4) is 0 Å². The summed E-state index contributed by atoms with van der Waals surface area (Å²) >= 11 is 5.34. The van der Waals surface area contributed by atoms with Crippen LogP contribution in [0.4, 0.5) is 14.5 Å². The van der Waals surface area contributed by atoms with Gasteiger partial charge < -0.3 is 5.32 Å². The number of benzene rings is 1. The van der Waals surface area contributed by atoms with Gasteiger partial charge in [0.2, 0.25) is 0 Å². The monoisotopic (exact) mass is 177 g/mol. The maximum atomic E-state index is 12.5. The van der Waals surface area contributed by atoms with Gasteiger partial charge in [-0.25, -0.2) is 8.78 Å². The van der Waals surface area contributed by atoms with Crippen molar-refractivity contribution in [1.29, 1.82) is 0 Å². The smallest absolute Gasteiger partial charge is 0.177 e. The number of nitrogens with one attached hydrogen (secondary N) is 1. The molecule has 0 aromatic heterocycles. The second-order valence-corrected chi connectivity index (χ2v) is 2.41. The van der Waals surface area contributed by atoms with Crippen molar-refractivity contribution in [3.63, 3.8) is 0 Å². The van der Waals surface area contributed by atoms with E-state index in [1.807, 2.05) is 0 Å². The minimum Gasteiger partial charge on any atom is -0.388 e. The predicted octanol–water partition coefficient (Wildman–Crippen LogP) is 2.66. The molecule has 0 aliphatic heterocycles. The third-order valence-corrected chi connectivity index (χ3v) is 1.55. The van der Waals surface area contributed by atoms with Crippen molar-refractivity contribution < 1.29 is 8.78 Å². The van der Waals surface area contributed by atoms with Crippen molar-refractivity contribution >= 4 is 17.3 Å². The first kappa shape index (κ1) is 8.27. The van der Waals surface area contributed by atoms with E-state index < -0.39 is 11.6 Å². The number of anilines is 1. The van der Waals surface area contributed by atoms with Crippen molar-refractivity contribution in [3.8, 4) is 0 Å². The average Bonchev–Trinajstić information content (AvgIpc) is 1.99. The van der Waals surface area contributed by atoms with E-state index in [0.29, 0.717) is 5.69 Å². The van der Waals surface area contributed by atoms with Crippen molar-refractivity contribution in [1.82, 2.24) is 0 Å². The molecule has 1 aromatic rings. The van der Waals surface area contributed by atoms with E-state index in [4.69, 9.17) is 11.6 Å². The Balaban J connectivity index is 3.21. The lowest BCUT2D eigenvalue weighted by Crippen LogP contribution is -1.92. The highest BCUT2D eigenvalue weighted by molar-refractivity contribution is 6.31. The Morgan fingerprint density at radius 1 is 1.36 bits per heavy atom. The van der Waals surface area contributed by atoms with E-state index in [-0.39, 0.29) is 5.02 Å². The van der Waals surface area contributed by atoms with Crippen molar-refractivity contribution in [2.24, 2.45) is 0 Å². The van der Waals surface area contributed by atoms with Crippen LogP contribution in [-0.4, -0.2) is 7.05 Å². The van der Waals surface area contributed by atoms with Gasteiger partial charge in [0.25, 0.3) is 0 Å². The molecule has 0 spiro atoms. The zero-order valence-corrected chi connectivity index (χ0v) is 6.54. The summed E-state index contributed by atoms with van der Waals surface area (Å²) < 4.78 is 25.0. The average molecular weight is 178 g/mol. The van der Waals surface area contributed by atoms with Crippen LogP contribution in [0.5, 0.6) is 0 Å². The molecule has 60 valence electrons. The number of halogens is 3. The fraction of sp³-hybridized carbons (Fsp3) is 0.143. The van der Waals surface area contributed by atoms with Crippen LogP contribution in [0, 0.1) is 11.6 Å². The Morgan fingerprint density at radius 3 is 2.45 bits per heavy atom. The molecule has 0 amide bonds. The fourth-order valence-corrected chi connectivity index (χ4v) is 0.908. The van der Waals surface area contributed by atoms with E-state index in [0.717, 1.165) is 6.07 Å². The molecule has 0 fully saturated rings. The van der Waals surface area contributed by atoms with E-state index >= 15 is 0 Å². The third-order valence-electron chi connectivity index (χ3n) is 1.27. The van der Waals surface area contributed by atoms with Gasteiger partial charge in [-0.3, -0.25) is 0 Å². The van der Waals surface area contributed by atoms with E-state index in [1.165, 1.54) is 6.07 Å². The molecule has 0 heterocycles. The molecule has 0 aliphatic rings. The van der Waals surface area contributed by atoms with Crippen LogP contribution in [0.1, 0.15) is 0 Å². The van der Waals surface area contributed by atoms with Crippen molar-refractivity contribution in [3.05, 3.63) is 28.8 Å². The Bertz CT molecular complexity index is 252. The molecule has 0 saturated carbocycles. The highest BCUT2D eigenvalue weighted by Crippen LogP contribution is 2.21. The molecule has 4 heteroatoms. The first-order valence-corrected chi connectivity index (χ1v) is 3.35. The summed E-state index contributed by atoms with van der Waals surface area (Å²) in [6.07, 6.45) is 0. The summed E-state index contributed by atoms with van der Waals surface area (Å²) in [6, 6.07) is 2.36. The Kier molecular flexibility index (Phi) is 2.29. The van der Waals surface area contributed by atoms with Crippen molar-refractivity contribution in [2.45, 2.75) is 0 Å². The summed E-state index contributed by atoms with van der Waals surface area (Å²) in [6.45, 7) is 0. The number of rotatable bonds is 1. The second-order valence-electron chi connectivity index (χ2n) is 2.00. The van der Waals surface area contributed by atoms with E-state index in [1.54, 1.807) is 7.05 Å². The molecule has 11 heavy (non-hydrogen) atoms. The van der Waals surface area contributed by atoms with Crippen LogP contribution in [0.2, 0.25) is 5.02 Å². The standard InChI is InChI=1S/C7H6ClF2N/c1-11-4-2-5(8)7(10)6(9)3-4/h2-3,11H,1H3. The van der Waals surface area contributed by atoms with Gasteiger partial charge >= 0.3 is 0 Å². The largest absolute Gasteiger partial charge is 0.388 e. The van der Waals surface area contributed by atoms with Gasteiger partial charge in [0.1, 0.15) is 0 Å². The predicted molar refractivity (Wildman–Crippen MR) is 40.9 cm³/mol. The number of hydrogen-bond acceptors (Lipinski definition) is 1. The normalized spacial score (nSPS) is 9.82. The van der Waals surface area contributed by atoms with Gasteiger partial charge in [0.05, 0.1) is 5.02 Å². The summed E-state index contributed by atoms with van der Waals surface area (Å²) in [5.74, 6) is -1.95. The van der Waals surface area contributed by atoms with Gasteiger partial charge in [-0.05, 0) is 6.07 Å². The highest BCUT2D eigenvalue weighted by atomic mass is 35.5. The summed E-state index contributed by atoms with van der Waals surface area (Å²) in [5, 5.41) is 2.43. The van der Waals surface area contributed by atoms with Gasteiger partial charge in [-0.15, -0.1) is 0 Å². The lowest BCUT2D eigenvalue weighted by atomic mass is 10.3. The first-order chi connectivity index (χ1) is 5.15. The highest BCUT2D eigenvalue weighted by Gasteiger charge is 2.07. The molecule has 0 saturated heterocycles. The quantitative estimate of drug-likeness (QED) is 0.651. The van der Waals surface area contributed by atoms with Crippen molar-refractivity contribution in [2.75, 3.05) is 12.4 Å². The molecule has 1 rings (SSSR count). The zero-order chi connectivity index (χ0) is 8.43.